The Hall–Kier alpha value is 0.687. The minimum atomic E-state index is -4.67. The van der Waals surface area contributed by atoms with Crippen LogP contribution >= 0.6 is 0 Å². The van der Waals surface area contributed by atoms with Crippen molar-refractivity contribution in [2.75, 3.05) is 0 Å². The van der Waals surface area contributed by atoms with E-state index < -0.39 is 20.8 Å². The summed E-state index contributed by atoms with van der Waals surface area (Å²) in [6, 6.07) is 0. The van der Waals surface area contributed by atoms with Gasteiger partial charge in [0.15, 0.2) is 0 Å². The summed E-state index contributed by atoms with van der Waals surface area (Å²) >= 11 is 3.38. The van der Waals surface area contributed by atoms with Crippen molar-refractivity contribution in [1.82, 2.24) is 0 Å². The minimum Gasteiger partial charge on any atom is 0 e. The average Bonchev–Trinajstić information content (AvgIpc) is 1.59. The SMILES string of the molecule is O=S(=O)(O)O.O=S(=O)(O)O.[NH2][Ni].[Ni]. The molecular weight excluding hydrogens is 324 g/mol. The molecule has 0 aliphatic rings. The van der Waals surface area contributed by atoms with Gasteiger partial charge in [0, 0.05) is 16.5 Å². The van der Waals surface area contributed by atoms with Gasteiger partial charge in [-0.15, -0.1) is 0 Å². The van der Waals surface area contributed by atoms with Crippen LogP contribution in [0, 0.1) is 0 Å². The first-order chi connectivity index (χ1) is 5.00. The number of hydrogen-bond donors (Lipinski definition) is 5. The molecule has 0 rings (SSSR count). The maximum Gasteiger partial charge on any atom is 0 e. The molecule has 0 aromatic rings. The van der Waals surface area contributed by atoms with Crippen molar-refractivity contribution in [3.05, 3.63) is 0 Å². The Morgan fingerprint density at radius 3 is 0.769 bits per heavy atom. The van der Waals surface area contributed by atoms with Crippen LogP contribution < -0.4 is 4.81 Å². The molecule has 9 nitrogen and oxygen atoms in total. The van der Waals surface area contributed by atoms with Crippen molar-refractivity contribution in [1.29, 1.82) is 0 Å². The van der Waals surface area contributed by atoms with E-state index >= 15 is 0 Å². The summed E-state index contributed by atoms with van der Waals surface area (Å²) < 4.78 is 63.2. The van der Waals surface area contributed by atoms with Crippen LogP contribution in [0.3, 0.4) is 0 Å². The zero-order chi connectivity index (χ0) is 11.0. The smallest absolute Gasteiger partial charge is 0 e. The van der Waals surface area contributed by atoms with E-state index in [9.17, 15) is 0 Å². The first kappa shape index (κ1) is 23.5. The Kier molecular flexibility index (Phi) is 19.4. The van der Waals surface area contributed by atoms with E-state index in [2.05, 4.69) is 20.5 Å². The second-order valence-corrected chi connectivity index (χ2v) is 2.69. The summed E-state index contributed by atoms with van der Waals surface area (Å²) in [6.07, 6.45) is 0. The molecule has 6 N–H and O–H groups in total. The van der Waals surface area contributed by atoms with Crippen LogP contribution in [-0.2, 0) is 53.0 Å². The van der Waals surface area contributed by atoms with E-state index in [-0.39, 0.29) is 16.5 Å². The number of hydrogen-bond acceptors (Lipinski definition) is 5. The van der Waals surface area contributed by atoms with Crippen LogP contribution in [0.5, 0.6) is 0 Å². The summed E-state index contributed by atoms with van der Waals surface area (Å²) in [5, 5.41) is 0. The van der Waals surface area contributed by atoms with E-state index in [4.69, 9.17) is 35.0 Å². The summed E-state index contributed by atoms with van der Waals surface area (Å²) in [6.45, 7) is 0. The molecule has 0 amide bonds. The monoisotopic (exact) mass is 328 g/mol. The molecule has 91 valence electrons. The quantitative estimate of drug-likeness (QED) is 0.251. The summed E-state index contributed by atoms with van der Waals surface area (Å²) in [5.74, 6) is 0. The third-order valence-corrected chi connectivity index (χ3v) is 0. The molecule has 0 saturated heterocycles. The molecule has 0 aliphatic carbocycles. The van der Waals surface area contributed by atoms with Gasteiger partial charge in [0.05, 0.1) is 0 Å². The van der Waals surface area contributed by atoms with Gasteiger partial charge in [-0.3, -0.25) is 18.2 Å². The topological polar surface area (TPSA) is 175 Å². The number of rotatable bonds is 0. The third kappa shape index (κ3) is 3070. The molecule has 0 fully saturated rings. The van der Waals surface area contributed by atoms with E-state index in [1.54, 1.807) is 0 Å². The predicted molar refractivity (Wildman–Crippen MR) is 32.5 cm³/mol. The standard InChI is InChI=1S/H2N.2Ni.2H2O4S/c;;;2*1-5(2,3)4/h1H2;;;2*(H2,1,2,3,4)/q-1;;+1;;. The molecule has 13 heteroatoms. The van der Waals surface area contributed by atoms with Gasteiger partial charge in [-0.25, -0.2) is 0 Å². The van der Waals surface area contributed by atoms with Crippen LogP contribution in [0.1, 0.15) is 0 Å². The van der Waals surface area contributed by atoms with Crippen molar-refractivity contribution >= 4 is 20.8 Å². The van der Waals surface area contributed by atoms with E-state index in [0.717, 1.165) is 0 Å². The van der Waals surface area contributed by atoms with Crippen molar-refractivity contribution in [3.8, 4) is 0 Å². The maximum atomic E-state index is 8.74. The van der Waals surface area contributed by atoms with Gasteiger partial charge in [0.25, 0.3) is 0 Å². The molecule has 0 heterocycles. The van der Waals surface area contributed by atoms with Crippen molar-refractivity contribution < 1.29 is 67.2 Å². The summed E-state index contributed by atoms with van der Waals surface area (Å²) in [5.41, 5.74) is 0. The fourth-order valence-electron chi connectivity index (χ4n) is 0. The molecular formula is H6NNi2O8S2. The van der Waals surface area contributed by atoms with Gasteiger partial charge in [-0.05, 0) is 0 Å². The van der Waals surface area contributed by atoms with Crippen LogP contribution in [0.2, 0.25) is 0 Å². The molecule has 0 unspecified atom stereocenters. The zero-order valence-corrected chi connectivity index (χ0v) is 9.06. The molecule has 0 radical (unpaired) electrons. The summed E-state index contributed by atoms with van der Waals surface area (Å²) in [4.78, 5) is 4.12. The molecule has 0 spiro atoms. The zero-order valence-electron chi connectivity index (χ0n) is 5.45. The van der Waals surface area contributed by atoms with Gasteiger partial charge in [-0.2, -0.15) is 16.8 Å². The van der Waals surface area contributed by atoms with Crippen LogP contribution in [0.15, 0.2) is 0 Å². The largest absolute Gasteiger partial charge is 0 e. The van der Waals surface area contributed by atoms with Gasteiger partial charge in [0.2, 0.25) is 0 Å². The van der Waals surface area contributed by atoms with Crippen molar-refractivity contribution in [2.45, 2.75) is 0 Å². The summed E-state index contributed by atoms with van der Waals surface area (Å²) in [7, 11) is -9.33. The minimum absolute atomic E-state index is 0. The molecule has 0 bridgehead atoms. The molecule has 0 aliphatic heterocycles. The van der Waals surface area contributed by atoms with Gasteiger partial charge in [0.1, 0.15) is 0 Å². The fourth-order valence-corrected chi connectivity index (χ4v) is 0. The average molecular weight is 330 g/mol. The van der Waals surface area contributed by atoms with Crippen LogP contribution in [0.25, 0.3) is 0 Å². The Balaban J connectivity index is -0.0000000491. The number of nitrogens with two attached hydrogens (primary N) is 1. The van der Waals surface area contributed by atoms with E-state index in [1.165, 1.54) is 0 Å². The normalized spacial score (nSPS) is 9.46. The molecule has 0 atom stereocenters. The van der Waals surface area contributed by atoms with Crippen LogP contribution in [-0.4, -0.2) is 35.0 Å². The fraction of sp³-hybridized carbons (Fsp3) is 0. The van der Waals surface area contributed by atoms with Crippen molar-refractivity contribution in [3.63, 3.8) is 0 Å². The Labute approximate surface area is 92.7 Å². The first-order valence-corrected chi connectivity index (χ1v) is 4.94. The second-order valence-electron chi connectivity index (χ2n) is 0.896. The molecule has 13 heavy (non-hydrogen) atoms. The first-order valence-electron chi connectivity index (χ1n) is 1.58. The Morgan fingerprint density at radius 1 is 0.769 bits per heavy atom. The molecule has 0 aromatic carbocycles. The Morgan fingerprint density at radius 2 is 0.769 bits per heavy atom. The maximum absolute atomic E-state index is 8.74. The third-order valence-electron chi connectivity index (χ3n) is 0. The van der Waals surface area contributed by atoms with Crippen molar-refractivity contribution in [2.24, 2.45) is 4.81 Å². The van der Waals surface area contributed by atoms with Gasteiger partial charge >= 0.3 is 41.3 Å². The van der Waals surface area contributed by atoms with Crippen LogP contribution in [0.4, 0.5) is 0 Å². The molecule has 0 saturated carbocycles. The van der Waals surface area contributed by atoms with E-state index in [0.29, 0.717) is 0 Å². The predicted octanol–water partition coefficient (Wildman–Crippen LogP) is -1.90. The van der Waals surface area contributed by atoms with E-state index in [1.807, 2.05) is 0 Å². The Bertz CT molecular complexity index is 217. The van der Waals surface area contributed by atoms with Gasteiger partial charge < -0.3 is 0 Å². The second kappa shape index (κ2) is 10.8. The molecule has 0 aromatic heterocycles. The van der Waals surface area contributed by atoms with Gasteiger partial charge in [-0.1, -0.05) is 0 Å².